The number of hydrogen-bond acceptors (Lipinski definition) is 2. The number of nitrogens with two attached hydrogens (primary N) is 1. The third kappa shape index (κ3) is 3.18. The maximum Gasteiger partial charge on any atom is 0.0502 e. The van der Waals surface area contributed by atoms with Gasteiger partial charge in [-0.1, -0.05) is 43.7 Å². The van der Waals surface area contributed by atoms with Crippen molar-refractivity contribution in [3.63, 3.8) is 0 Å². The van der Waals surface area contributed by atoms with Crippen LogP contribution in [0.3, 0.4) is 0 Å². The number of rotatable bonds is 4. The summed E-state index contributed by atoms with van der Waals surface area (Å²) in [6.45, 7) is 10.2. The number of nitrogens with zero attached hydrogens (tertiary/aromatic N) is 1. The van der Waals surface area contributed by atoms with Crippen molar-refractivity contribution in [1.29, 1.82) is 0 Å². The van der Waals surface area contributed by atoms with Crippen molar-refractivity contribution in [1.82, 2.24) is 4.90 Å². The van der Waals surface area contributed by atoms with Gasteiger partial charge in [0.05, 0.1) is 6.04 Å². The highest BCUT2D eigenvalue weighted by Crippen LogP contribution is 2.34. The molecule has 106 valence electrons. The molecule has 1 fully saturated rings. The summed E-state index contributed by atoms with van der Waals surface area (Å²) in [7, 11) is 0. The topological polar surface area (TPSA) is 29.3 Å². The fraction of sp³-hybridized carbons (Fsp3) is 0.647. The minimum atomic E-state index is 0.217. The Labute approximate surface area is 118 Å². The SMILES string of the molecule is CCC(N)C(c1cccc(C)c1)N1CC(C)CC1C. The molecule has 0 radical (unpaired) electrons. The van der Waals surface area contributed by atoms with E-state index in [1.54, 1.807) is 0 Å². The molecule has 0 bridgehead atoms. The maximum absolute atomic E-state index is 6.45. The van der Waals surface area contributed by atoms with Gasteiger partial charge in [0.15, 0.2) is 0 Å². The molecule has 4 unspecified atom stereocenters. The molecule has 0 aliphatic carbocycles. The quantitative estimate of drug-likeness (QED) is 0.897. The van der Waals surface area contributed by atoms with Crippen molar-refractivity contribution in [2.45, 2.75) is 58.7 Å². The fourth-order valence-corrected chi connectivity index (χ4v) is 3.48. The van der Waals surface area contributed by atoms with Crippen molar-refractivity contribution in [3.8, 4) is 0 Å². The normalized spacial score (nSPS) is 27.4. The van der Waals surface area contributed by atoms with Crippen LogP contribution in [0.4, 0.5) is 0 Å². The van der Waals surface area contributed by atoms with Crippen LogP contribution in [0.15, 0.2) is 24.3 Å². The van der Waals surface area contributed by atoms with E-state index in [2.05, 4.69) is 56.9 Å². The van der Waals surface area contributed by atoms with Crippen molar-refractivity contribution < 1.29 is 0 Å². The fourth-order valence-electron chi connectivity index (χ4n) is 3.48. The summed E-state index contributed by atoms with van der Waals surface area (Å²) in [6, 6.07) is 10.1. The van der Waals surface area contributed by atoms with Gasteiger partial charge in [-0.25, -0.2) is 0 Å². The molecule has 2 nitrogen and oxygen atoms in total. The minimum absolute atomic E-state index is 0.217. The van der Waals surface area contributed by atoms with Gasteiger partial charge in [-0.15, -0.1) is 0 Å². The molecule has 2 rings (SSSR count). The summed E-state index contributed by atoms with van der Waals surface area (Å²) < 4.78 is 0. The molecule has 1 aliphatic heterocycles. The third-order valence-corrected chi connectivity index (χ3v) is 4.45. The van der Waals surface area contributed by atoms with Crippen LogP contribution < -0.4 is 5.73 Å². The Morgan fingerprint density at radius 3 is 2.63 bits per heavy atom. The van der Waals surface area contributed by atoms with Crippen LogP contribution in [-0.4, -0.2) is 23.5 Å². The van der Waals surface area contributed by atoms with Crippen molar-refractivity contribution in [3.05, 3.63) is 35.4 Å². The molecule has 1 saturated heterocycles. The van der Waals surface area contributed by atoms with Gasteiger partial charge in [-0.2, -0.15) is 0 Å². The van der Waals surface area contributed by atoms with E-state index in [4.69, 9.17) is 5.73 Å². The molecule has 0 saturated carbocycles. The third-order valence-electron chi connectivity index (χ3n) is 4.45. The van der Waals surface area contributed by atoms with Gasteiger partial charge < -0.3 is 5.73 Å². The van der Waals surface area contributed by atoms with E-state index >= 15 is 0 Å². The first kappa shape index (κ1) is 14.5. The van der Waals surface area contributed by atoms with Crippen molar-refractivity contribution in [2.75, 3.05) is 6.54 Å². The van der Waals surface area contributed by atoms with Gasteiger partial charge >= 0.3 is 0 Å². The molecule has 4 atom stereocenters. The van der Waals surface area contributed by atoms with Crippen LogP contribution in [0.25, 0.3) is 0 Å². The number of likely N-dealkylation sites (tertiary alicyclic amines) is 1. The highest BCUT2D eigenvalue weighted by molar-refractivity contribution is 5.26. The number of aryl methyl sites for hydroxylation is 1. The zero-order valence-corrected chi connectivity index (χ0v) is 12.8. The van der Waals surface area contributed by atoms with Gasteiger partial charge in [-0.3, -0.25) is 4.90 Å². The van der Waals surface area contributed by atoms with E-state index in [1.807, 2.05) is 0 Å². The molecule has 1 heterocycles. The second-order valence-electron chi connectivity index (χ2n) is 6.32. The lowest BCUT2D eigenvalue weighted by Gasteiger charge is -2.36. The molecule has 0 aromatic heterocycles. The van der Waals surface area contributed by atoms with Crippen LogP contribution in [0.1, 0.15) is 50.8 Å². The second kappa shape index (κ2) is 6.06. The maximum atomic E-state index is 6.45. The largest absolute Gasteiger partial charge is 0.326 e. The van der Waals surface area contributed by atoms with Gasteiger partial charge in [-0.05, 0) is 38.2 Å². The first-order chi connectivity index (χ1) is 9.02. The Morgan fingerprint density at radius 2 is 2.11 bits per heavy atom. The number of benzene rings is 1. The zero-order valence-electron chi connectivity index (χ0n) is 12.8. The van der Waals surface area contributed by atoms with Gasteiger partial charge in [0.2, 0.25) is 0 Å². The summed E-state index contributed by atoms with van der Waals surface area (Å²) in [5, 5.41) is 0. The van der Waals surface area contributed by atoms with E-state index in [1.165, 1.54) is 24.1 Å². The summed E-state index contributed by atoms with van der Waals surface area (Å²) >= 11 is 0. The predicted octanol–water partition coefficient (Wildman–Crippen LogP) is 3.50. The first-order valence-electron chi connectivity index (χ1n) is 7.60. The molecule has 0 spiro atoms. The average Bonchev–Trinajstić information content (AvgIpc) is 2.69. The number of hydrogen-bond donors (Lipinski definition) is 1. The van der Waals surface area contributed by atoms with Gasteiger partial charge in [0.25, 0.3) is 0 Å². The Bertz CT molecular complexity index is 415. The lowest BCUT2D eigenvalue weighted by atomic mass is 9.94. The van der Waals surface area contributed by atoms with E-state index in [0.717, 1.165) is 12.3 Å². The van der Waals surface area contributed by atoms with Crippen LogP contribution in [0.5, 0.6) is 0 Å². The Kier molecular flexibility index (Phi) is 4.64. The summed E-state index contributed by atoms with van der Waals surface area (Å²) in [5.74, 6) is 0.784. The molecular weight excluding hydrogens is 232 g/mol. The molecular formula is C17H28N2. The standard InChI is InChI=1S/C17H28N2/c1-5-16(18)17(15-8-6-7-12(2)10-15)19-11-13(3)9-14(19)4/h6-8,10,13-14,16-17H,5,9,11,18H2,1-4H3. The summed E-state index contributed by atoms with van der Waals surface area (Å²) in [6.07, 6.45) is 2.31. The monoisotopic (exact) mass is 260 g/mol. The van der Waals surface area contributed by atoms with E-state index in [0.29, 0.717) is 12.1 Å². The van der Waals surface area contributed by atoms with Crippen molar-refractivity contribution >= 4 is 0 Å². The van der Waals surface area contributed by atoms with Crippen LogP contribution in [0.2, 0.25) is 0 Å². The Morgan fingerprint density at radius 1 is 1.37 bits per heavy atom. The molecule has 1 aromatic rings. The Hall–Kier alpha value is -0.860. The molecule has 1 aliphatic rings. The van der Waals surface area contributed by atoms with Gasteiger partial charge in [0, 0.05) is 18.6 Å². The van der Waals surface area contributed by atoms with Crippen molar-refractivity contribution in [2.24, 2.45) is 11.7 Å². The van der Waals surface area contributed by atoms with Crippen LogP contribution >= 0.6 is 0 Å². The van der Waals surface area contributed by atoms with E-state index in [9.17, 15) is 0 Å². The van der Waals surface area contributed by atoms with E-state index < -0.39 is 0 Å². The highest BCUT2D eigenvalue weighted by Gasteiger charge is 2.35. The average molecular weight is 260 g/mol. The first-order valence-corrected chi connectivity index (χ1v) is 7.60. The highest BCUT2D eigenvalue weighted by atomic mass is 15.2. The lowest BCUT2D eigenvalue weighted by Crippen LogP contribution is -2.42. The van der Waals surface area contributed by atoms with E-state index in [-0.39, 0.29) is 6.04 Å². The van der Waals surface area contributed by atoms with Crippen LogP contribution in [-0.2, 0) is 0 Å². The molecule has 1 aromatic carbocycles. The zero-order chi connectivity index (χ0) is 14.0. The Balaban J connectivity index is 2.31. The minimum Gasteiger partial charge on any atom is -0.326 e. The second-order valence-corrected chi connectivity index (χ2v) is 6.32. The molecule has 0 amide bonds. The smallest absolute Gasteiger partial charge is 0.0502 e. The molecule has 2 N–H and O–H groups in total. The van der Waals surface area contributed by atoms with Gasteiger partial charge in [0.1, 0.15) is 0 Å². The molecule has 2 heteroatoms. The van der Waals surface area contributed by atoms with Crippen LogP contribution in [0, 0.1) is 12.8 Å². The lowest BCUT2D eigenvalue weighted by molar-refractivity contribution is 0.160. The summed E-state index contributed by atoms with van der Waals surface area (Å²) in [4.78, 5) is 2.62. The predicted molar refractivity (Wildman–Crippen MR) is 82.1 cm³/mol. The summed E-state index contributed by atoms with van der Waals surface area (Å²) in [5.41, 5.74) is 9.15. The molecule has 19 heavy (non-hydrogen) atoms.